The van der Waals surface area contributed by atoms with E-state index in [0.717, 1.165) is 11.6 Å². The van der Waals surface area contributed by atoms with Crippen LogP contribution in [0.3, 0.4) is 0 Å². The van der Waals surface area contributed by atoms with Crippen LogP contribution >= 0.6 is 11.8 Å². The molecule has 0 aliphatic rings. The molecule has 0 heterocycles. The Bertz CT molecular complexity index is 919. The third kappa shape index (κ3) is 6.32. The average Bonchev–Trinajstić information content (AvgIpc) is 2.72. The zero-order chi connectivity index (χ0) is 21.4. The predicted octanol–water partition coefficient (Wildman–Crippen LogP) is 2.89. The number of hydrogen-bond donors (Lipinski definition) is 2. The number of nitrogens with zero attached hydrogens (tertiary/aromatic N) is 1. The highest BCUT2D eigenvalue weighted by atomic mass is 32.2. The highest BCUT2D eigenvalue weighted by molar-refractivity contribution is 7.98. The molecular formula is C19H19N3O6S. The summed E-state index contributed by atoms with van der Waals surface area (Å²) in [7, 11) is 0. The van der Waals surface area contributed by atoms with Gasteiger partial charge in [0.2, 0.25) is 0 Å². The van der Waals surface area contributed by atoms with Gasteiger partial charge in [-0.25, -0.2) is 9.59 Å². The lowest BCUT2D eigenvalue weighted by Crippen LogP contribution is -2.44. The number of thioether (sulfide) groups is 1. The van der Waals surface area contributed by atoms with Gasteiger partial charge in [0, 0.05) is 12.6 Å². The highest BCUT2D eigenvalue weighted by Gasteiger charge is 2.23. The second-order valence-electron chi connectivity index (χ2n) is 5.85. The maximum atomic E-state index is 12.2. The van der Waals surface area contributed by atoms with Crippen LogP contribution in [-0.2, 0) is 16.1 Å². The van der Waals surface area contributed by atoms with E-state index in [2.05, 4.69) is 10.6 Å². The molecular weight excluding hydrogens is 398 g/mol. The zero-order valence-electron chi connectivity index (χ0n) is 15.7. The van der Waals surface area contributed by atoms with Crippen molar-refractivity contribution in [2.75, 3.05) is 6.26 Å². The summed E-state index contributed by atoms with van der Waals surface area (Å²) in [5.74, 6) is -1.73. The van der Waals surface area contributed by atoms with Gasteiger partial charge in [-0.3, -0.25) is 20.2 Å². The number of carbonyl (C=O) groups excluding carboxylic acids is 3. The van der Waals surface area contributed by atoms with Crippen LogP contribution in [0.15, 0.2) is 53.4 Å². The van der Waals surface area contributed by atoms with Gasteiger partial charge in [-0.15, -0.1) is 11.8 Å². The summed E-state index contributed by atoms with van der Waals surface area (Å²) in [4.78, 5) is 47.0. The summed E-state index contributed by atoms with van der Waals surface area (Å²) < 4.78 is 5.01. The number of esters is 1. The van der Waals surface area contributed by atoms with Gasteiger partial charge in [-0.1, -0.05) is 30.3 Å². The zero-order valence-corrected chi connectivity index (χ0v) is 16.5. The number of amides is 3. The van der Waals surface area contributed by atoms with E-state index in [0.29, 0.717) is 4.90 Å². The van der Waals surface area contributed by atoms with Gasteiger partial charge >= 0.3 is 12.0 Å². The summed E-state index contributed by atoms with van der Waals surface area (Å²) in [6.07, 6.45) is 0.402. The van der Waals surface area contributed by atoms with Crippen LogP contribution in [-0.4, -0.2) is 35.2 Å². The smallest absolute Gasteiger partial charge is 0.339 e. The van der Waals surface area contributed by atoms with Gasteiger partial charge < -0.3 is 10.1 Å². The fourth-order valence-electron chi connectivity index (χ4n) is 2.28. The van der Waals surface area contributed by atoms with Gasteiger partial charge in [-0.2, -0.15) is 0 Å². The van der Waals surface area contributed by atoms with E-state index < -0.39 is 28.9 Å². The molecule has 152 valence electrons. The molecule has 2 rings (SSSR count). The number of nitro benzene ring substituents is 1. The Morgan fingerprint density at radius 1 is 1.17 bits per heavy atom. The maximum absolute atomic E-state index is 12.2. The lowest BCUT2D eigenvalue weighted by molar-refractivity contribution is -0.387. The molecule has 0 bridgehead atoms. The number of benzene rings is 2. The van der Waals surface area contributed by atoms with Crippen LogP contribution in [0.2, 0.25) is 0 Å². The minimum absolute atomic E-state index is 0.0670. The molecule has 29 heavy (non-hydrogen) atoms. The van der Waals surface area contributed by atoms with Crippen molar-refractivity contribution in [1.82, 2.24) is 10.6 Å². The molecule has 0 aliphatic heterocycles. The largest absolute Gasteiger partial charge is 0.449 e. The van der Waals surface area contributed by atoms with E-state index in [-0.39, 0.29) is 17.8 Å². The molecule has 0 saturated heterocycles. The first-order chi connectivity index (χ1) is 13.8. The van der Waals surface area contributed by atoms with Gasteiger partial charge in [0.15, 0.2) is 6.10 Å². The standard InChI is InChI=1S/C19H19N3O6S/c1-12(17(23)21-19(25)20-11-13-6-4-3-5-7-13)28-18(24)14-8-9-16(29-2)15(10-14)22(26)27/h3-10,12H,11H2,1-2H3,(H2,20,21,23,25)/t12-/m1/s1. The molecule has 10 heteroatoms. The molecule has 0 radical (unpaired) electrons. The van der Waals surface area contributed by atoms with Crippen molar-refractivity contribution in [1.29, 1.82) is 0 Å². The van der Waals surface area contributed by atoms with Crippen molar-refractivity contribution in [2.45, 2.75) is 24.5 Å². The monoisotopic (exact) mass is 417 g/mol. The Morgan fingerprint density at radius 3 is 2.48 bits per heavy atom. The van der Waals surface area contributed by atoms with Crippen LogP contribution in [0.1, 0.15) is 22.8 Å². The molecule has 9 nitrogen and oxygen atoms in total. The summed E-state index contributed by atoms with van der Waals surface area (Å²) in [6.45, 7) is 1.52. The topological polar surface area (TPSA) is 128 Å². The number of urea groups is 1. The SMILES string of the molecule is CSc1ccc(C(=O)O[C@H](C)C(=O)NC(=O)NCc2ccccc2)cc1[N+](=O)[O-]. The number of rotatable bonds is 7. The molecule has 0 unspecified atom stereocenters. The summed E-state index contributed by atoms with van der Waals surface area (Å²) >= 11 is 1.17. The number of hydrogen-bond acceptors (Lipinski definition) is 7. The molecule has 2 N–H and O–H groups in total. The fraction of sp³-hybridized carbons (Fsp3) is 0.211. The second-order valence-corrected chi connectivity index (χ2v) is 6.70. The third-order valence-electron chi connectivity index (χ3n) is 3.80. The predicted molar refractivity (Wildman–Crippen MR) is 107 cm³/mol. The van der Waals surface area contributed by atoms with Crippen molar-refractivity contribution in [3.63, 3.8) is 0 Å². The van der Waals surface area contributed by atoms with Gasteiger partial charge in [0.1, 0.15) is 0 Å². The number of ether oxygens (including phenoxy) is 1. The average molecular weight is 417 g/mol. The Kier molecular flexibility index (Phi) is 7.72. The summed E-state index contributed by atoms with van der Waals surface area (Å²) in [6, 6.07) is 12.3. The molecule has 2 aromatic carbocycles. The van der Waals surface area contributed by atoms with E-state index >= 15 is 0 Å². The molecule has 0 spiro atoms. The van der Waals surface area contributed by atoms with E-state index in [9.17, 15) is 24.5 Å². The Balaban J connectivity index is 1.91. The Morgan fingerprint density at radius 2 is 1.86 bits per heavy atom. The fourth-order valence-corrected chi connectivity index (χ4v) is 2.82. The van der Waals surface area contributed by atoms with E-state index in [1.165, 1.54) is 30.8 Å². The minimum atomic E-state index is -1.27. The molecule has 0 aromatic heterocycles. The van der Waals surface area contributed by atoms with Gasteiger partial charge in [-0.05, 0) is 30.9 Å². The van der Waals surface area contributed by atoms with Crippen LogP contribution in [0.4, 0.5) is 10.5 Å². The van der Waals surface area contributed by atoms with Crippen LogP contribution in [0, 0.1) is 10.1 Å². The number of nitrogens with one attached hydrogen (secondary N) is 2. The van der Waals surface area contributed by atoms with E-state index in [4.69, 9.17) is 4.74 Å². The molecule has 0 saturated carbocycles. The lowest BCUT2D eigenvalue weighted by Gasteiger charge is -2.13. The highest BCUT2D eigenvalue weighted by Crippen LogP contribution is 2.28. The first kappa shape index (κ1) is 21.9. The van der Waals surface area contributed by atoms with Crippen molar-refractivity contribution >= 4 is 35.4 Å². The Labute approximate surface area is 171 Å². The van der Waals surface area contributed by atoms with Crippen LogP contribution in [0.5, 0.6) is 0 Å². The van der Waals surface area contributed by atoms with E-state index in [1.807, 2.05) is 30.3 Å². The molecule has 1 atom stereocenters. The molecule has 2 aromatic rings. The quantitative estimate of drug-likeness (QED) is 0.307. The maximum Gasteiger partial charge on any atom is 0.339 e. The van der Waals surface area contributed by atoms with Crippen molar-refractivity contribution < 1.29 is 24.0 Å². The van der Waals surface area contributed by atoms with E-state index in [1.54, 1.807) is 6.26 Å². The Hall–Kier alpha value is -3.40. The molecule has 0 fully saturated rings. The van der Waals surface area contributed by atoms with Crippen LogP contribution < -0.4 is 10.6 Å². The number of nitro groups is 1. The minimum Gasteiger partial charge on any atom is -0.449 e. The first-order valence-electron chi connectivity index (χ1n) is 8.48. The summed E-state index contributed by atoms with van der Waals surface area (Å²) in [5, 5.41) is 15.7. The van der Waals surface area contributed by atoms with Gasteiger partial charge in [0.25, 0.3) is 11.6 Å². The second kappa shape index (κ2) is 10.2. The van der Waals surface area contributed by atoms with Gasteiger partial charge in [0.05, 0.1) is 15.4 Å². The lowest BCUT2D eigenvalue weighted by atomic mass is 10.2. The molecule has 3 amide bonds. The van der Waals surface area contributed by atoms with Crippen molar-refractivity contribution in [3.05, 3.63) is 69.8 Å². The molecule has 0 aliphatic carbocycles. The van der Waals surface area contributed by atoms with Crippen molar-refractivity contribution in [2.24, 2.45) is 0 Å². The van der Waals surface area contributed by atoms with Crippen LogP contribution in [0.25, 0.3) is 0 Å². The number of imide groups is 1. The third-order valence-corrected chi connectivity index (χ3v) is 4.58. The summed E-state index contributed by atoms with van der Waals surface area (Å²) in [5.41, 5.74) is 0.553. The van der Waals surface area contributed by atoms with Crippen molar-refractivity contribution in [3.8, 4) is 0 Å². The normalized spacial score (nSPS) is 11.2. The first-order valence-corrected chi connectivity index (χ1v) is 9.70. The number of carbonyl (C=O) groups is 3.